The maximum absolute atomic E-state index is 14.6. The van der Waals surface area contributed by atoms with Gasteiger partial charge in [-0.05, 0) is 55.0 Å². The van der Waals surface area contributed by atoms with Crippen LogP contribution in [0.1, 0.15) is 56.1 Å². The van der Waals surface area contributed by atoms with Gasteiger partial charge in [0.1, 0.15) is 5.82 Å². The van der Waals surface area contributed by atoms with E-state index in [1.165, 1.54) is 11.8 Å². The van der Waals surface area contributed by atoms with Crippen LogP contribution in [0.15, 0.2) is 41.3 Å². The third-order valence-electron chi connectivity index (χ3n) is 6.90. The van der Waals surface area contributed by atoms with Gasteiger partial charge in [-0.15, -0.1) is 0 Å². The average Bonchev–Trinajstić information content (AvgIpc) is 3.32. The van der Waals surface area contributed by atoms with Crippen molar-refractivity contribution in [2.24, 2.45) is 0 Å². The number of para-hydroxylation sites is 1. The van der Waals surface area contributed by atoms with Gasteiger partial charge in [0.05, 0.1) is 5.69 Å². The van der Waals surface area contributed by atoms with Crippen molar-refractivity contribution < 1.29 is 9.18 Å². The molecule has 4 aliphatic rings. The van der Waals surface area contributed by atoms with Gasteiger partial charge in [0.2, 0.25) is 0 Å². The molecule has 2 aromatic carbocycles. The SMILES string of the molecule is C[C@H]1CC2(CCCC2)N2C(=O)[C@]3(Nc4ccccc4S3)c3cc(F)cc1c32. The molecule has 3 heterocycles. The van der Waals surface area contributed by atoms with Crippen molar-refractivity contribution in [3.05, 3.63) is 53.3 Å². The summed E-state index contributed by atoms with van der Waals surface area (Å²) in [5.74, 6) is 0.102. The van der Waals surface area contributed by atoms with Crippen LogP contribution in [-0.4, -0.2) is 11.4 Å². The average molecular weight is 380 g/mol. The standard InChI is InChI=1S/C22H21FN2OS/c1-13-12-21(8-4-5-9-21)25-19-15(13)10-14(23)11-16(19)22(20(25)26)24-17-6-2-3-7-18(17)27-22/h2-3,6-7,10-11,13,24H,4-5,8-9,12H2,1H3/t13-,22-/m0/s1. The first-order valence-corrected chi connectivity index (χ1v) is 10.6. The van der Waals surface area contributed by atoms with Crippen molar-refractivity contribution in [2.75, 3.05) is 10.2 Å². The van der Waals surface area contributed by atoms with Crippen LogP contribution in [0.4, 0.5) is 15.8 Å². The molecule has 0 radical (unpaired) electrons. The van der Waals surface area contributed by atoms with E-state index in [1.807, 2.05) is 24.3 Å². The Morgan fingerprint density at radius 3 is 2.78 bits per heavy atom. The number of carbonyl (C=O) groups excluding carboxylic acids is 1. The zero-order chi connectivity index (χ0) is 18.4. The molecule has 0 saturated heterocycles. The minimum absolute atomic E-state index is 0.0827. The lowest BCUT2D eigenvalue weighted by Gasteiger charge is -2.46. The van der Waals surface area contributed by atoms with Crippen LogP contribution < -0.4 is 10.2 Å². The van der Waals surface area contributed by atoms with Crippen molar-refractivity contribution in [3.8, 4) is 0 Å². The molecule has 6 rings (SSSR count). The summed E-state index contributed by atoms with van der Waals surface area (Å²) in [4.78, 5) is 16.2. The van der Waals surface area contributed by atoms with E-state index in [4.69, 9.17) is 0 Å². The van der Waals surface area contributed by atoms with Crippen LogP contribution in [0.3, 0.4) is 0 Å². The molecule has 0 aromatic heterocycles. The summed E-state index contributed by atoms with van der Waals surface area (Å²) in [7, 11) is 0. The fraction of sp³-hybridized carbons (Fsp3) is 0.409. The van der Waals surface area contributed by atoms with Gasteiger partial charge in [0.15, 0.2) is 4.87 Å². The van der Waals surface area contributed by atoms with Crippen LogP contribution in [0.2, 0.25) is 0 Å². The molecular formula is C22H21FN2OS. The molecule has 2 aromatic rings. The lowest BCUT2D eigenvalue weighted by Crippen LogP contribution is -2.55. The summed E-state index contributed by atoms with van der Waals surface area (Å²) in [6.07, 6.45) is 5.36. The summed E-state index contributed by atoms with van der Waals surface area (Å²) in [5.41, 5.74) is 3.64. The summed E-state index contributed by atoms with van der Waals surface area (Å²) in [6.45, 7) is 2.19. The molecular weight excluding hydrogens is 359 g/mol. The number of hydrogen-bond acceptors (Lipinski definition) is 3. The summed E-state index contributed by atoms with van der Waals surface area (Å²) >= 11 is 1.54. The lowest BCUT2D eigenvalue weighted by atomic mass is 9.77. The Labute approximate surface area is 162 Å². The summed E-state index contributed by atoms with van der Waals surface area (Å²) in [5, 5.41) is 3.49. The zero-order valence-corrected chi connectivity index (χ0v) is 16.0. The number of carbonyl (C=O) groups is 1. The Bertz CT molecular complexity index is 973. The number of amides is 1. The van der Waals surface area contributed by atoms with Gasteiger partial charge in [0, 0.05) is 21.7 Å². The number of thioether (sulfide) groups is 1. The van der Waals surface area contributed by atoms with E-state index in [2.05, 4.69) is 17.1 Å². The van der Waals surface area contributed by atoms with E-state index in [0.717, 1.165) is 59.5 Å². The van der Waals surface area contributed by atoms with E-state index >= 15 is 0 Å². The number of benzene rings is 2. The molecule has 1 aliphatic carbocycles. The quantitative estimate of drug-likeness (QED) is 0.667. The molecule has 5 heteroatoms. The van der Waals surface area contributed by atoms with E-state index in [1.54, 1.807) is 12.1 Å². The Morgan fingerprint density at radius 1 is 1.22 bits per heavy atom. The van der Waals surface area contributed by atoms with Crippen molar-refractivity contribution >= 4 is 29.0 Å². The van der Waals surface area contributed by atoms with Gasteiger partial charge < -0.3 is 10.2 Å². The highest BCUT2D eigenvalue weighted by atomic mass is 32.2. The van der Waals surface area contributed by atoms with Crippen LogP contribution in [0, 0.1) is 5.82 Å². The Hall–Kier alpha value is -2.01. The number of fused-ring (bicyclic) bond motifs is 3. The smallest absolute Gasteiger partial charge is 0.268 e. The highest BCUT2D eigenvalue weighted by Gasteiger charge is 2.62. The van der Waals surface area contributed by atoms with Crippen molar-refractivity contribution in [2.45, 2.75) is 60.3 Å². The number of hydrogen-bond donors (Lipinski definition) is 1. The fourth-order valence-corrected chi connectivity index (χ4v) is 7.14. The number of rotatable bonds is 0. The van der Waals surface area contributed by atoms with E-state index < -0.39 is 4.87 Å². The molecule has 1 amide bonds. The third kappa shape index (κ3) is 1.86. The van der Waals surface area contributed by atoms with E-state index in [9.17, 15) is 9.18 Å². The normalized spacial score (nSPS) is 29.3. The molecule has 3 nitrogen and oxygen atoms in total. The molecule has 0 bridgehead atoms. The van der Waals surface area contributed by atoms with Crippen LogP contribution in [0.5, 0.6) is 0 Å². The van der Waals surface area contributed by atoms with Crippen LogP contribution in [-0.2, 0) is 9.67 Å². The topological polar surface area (TPSA) is 32.3 Å². The molecule has 27 heavy (non-hydrogen) atoms. The molecule has 2 spiro atoms. The highest BCUT2D eigenvalue weighted by Crippen LogP contribution is 2.63. The highest BCUT2D eigenvalue weighted by molar-refractivity contribution is 8.01. The minimum atomic E-state index is -0.935. The third-order valence-corrected chi connectivity index (χ3v) is 8.28. The first-order chi connectivity index (χ1) is 13.0. The second kappa shape index (κ2) is 5.07. The van der Waals surface area contributed by atoms with Crippen molar-refractivity contribution in [1.29, 1.82) is 0 Å². The lowest BCUT2D eigenvalue weighted by molar-refractivity contribution is -0.121. The second-order valence-corrected chi connectivity index (χ2v) is 9.73. The minimum Gasteiger partial charge on any atom is -0.358 e. The number of nitrogens with one attached hydrogen (secondary N) is 1. The predicted octanol–water partition coefficient (Wildman–Crippen LogP) is 5.36. The first-order valence-electron chi connectivity index (χ1n) is 9.79. The van der Waals surface area contributed by atoms with Crippen molar-refractivity contribution in [1.82, 2.24) is 0 Å². The molecule has 1 N–H and O–H groups in total. The van der Waals surface area contributed by atoms with Gasteiger partial charge >= 0.3 is 0 Å². The second-order valence-electron chi connectivity index (χ2n) is 8.47. The Kier molecular flexibility index (Phi) is 3.01. The maximum Gasteiger partial charge on any atom is 0.268 e. The molecule has 3 aliphatic heterocycles. The van der Waals surface area contributed by atoms with Gasteiger partial charge in [-0.25, -0.2) is 4.39 Å². The molecule has 1 saturated carbocycles. The van der Waals surface area contributed by atoms with Gasteiger partial charge in [-0.3, -0.25) is 4.79 Å². The molecule has 1 fully saturated rings. The molecule has 2 atom stereocenters. The summed E-state index contributed by atoms with van der Waals surface area (Å²) < 4.78 is 14.6. The number of anilines is 2. The van der Waals surface area contributed by atoms with Crippen LogP contribution >= 0.6 is 11.8 Å². The number of halogens is 1. The van der Waals surface area contributed by atoms with Gasteiger partial charge in [-0.1, -0.05) is 43.7 Å². The first kappa shape index (κ1) is 16.0. The number of nitrogens with zero attached hydrogens (tertiary/aromatic N) is 1. The monoisotopic (exact) mass is 380 g/mol. The predicted molar refractivity (Wildman–Crippen MR) is 106 cm³/mol. The maximum atomic E-state index is 14.6. The molecule has 0 unspecified atom stereocenters. The Morgan fingerprint density at radius 2 is 2.00 bits per heavy atom. The van der Waals surface area contributed by atoms with E-state index in [-0.39, 0.29) is 23.2 Å². The molecule has 138 valence electrons. The fourth-order valence-electron chi connectivity index (χ4n) is 5.83. The van der Waals surface area contributed by atoms with Gasteiger partial charge in [-0.2, -0.15) is 0 Å². The van der Waals surface area contributed by atoms with Crippen LogP contribution in [0.25, 0.3) is 0 Å². The Balaban J connectivity index is 1.62. The zero-order valence-electron chi connectivity index (χ0n) is 15.2. The largest absolute Gasteiger partial charge is 0.358 e. The van der Waals surface area contributed by atoms with Crippen molar-refractivity contribution in [3.63, 3.8) is 0 Å². The summed E-state index contributed by atoms with van der Waals surface area (Å²) in [6, 6.07) is 11.2. The van der Waals surface area contributed by atoms with Gasteiger partial charge in [0.25, 0.3) is 5.91 Å². The van der Waals surface area contributed by atoms with E-state index in [0.29, 0.717) is 0 Å².